The topological polar surface area (TPSA) is 58.6 Å². The summed E-state index contributed by atoms with van der Waals surface area (Å²) >= 11 is 1.33. The minimum absolute atomic E-state index is 0.0620. The summed E-state index contributed by atoms with van der Waals surface area (Å²) in [4.78, 5) is 27.0. The number of thiophene rings is 1. The quantitative estimate of drug-likeness (QED) is 0.598. The average Bonchev–Trinajstić information content (AvgIpc) is 3.24. The number of alkyl halides is 2. The van der Waals surface area contributed by atoms with Gasteiger partial charge in [-0.2, -0.15) is 8.78 Å². The minimum Gasteiger partial charge on any atom is -0.435 e. The molecule has 0 saturated carbocycles. The van der Waals surface area contributed by atoms with E-state index in [0.717, 1.165) is 5.56 Å². The van der Waals surface area contributed by atoms with Gasteiger partial charge < -0.3 is 15.0 Å². The van der Waals surface area contributed by atoms with Crippen LogP contribution in [0.3, 0.4) is 0 Å². The minimum atomic E-state index is -2.88. The second-order valence-corrected chi connectivity index (χ2v) is 7.14. The van der Waals surface area contributed by atoms with E-state index in [1.165, 1.54) is 28.4 Å². The summed E-state index contributed by atoms with van der Waals surface area (Å²) in [7, 11) is 1.64. The number of ether oxygens (including phenoxy) is 1. The Labute approximate surface area is 170 Å². The number of carbonyl (C=O) groups excluding carboxylic acids is 2. The highest BCUT2D eigenvalue weighted by Gasteiger charge is 2.14. The highest BCUT2D eigenvalue weighted by Crippen LogP contribution is 2.18. The lowest BCUT2D eigenvalue weighted by molar-refractivity contribution is -0.0498. The Morgan fingerprint density at radius 2 is 1.86 bits per heavy atom. The molecule has 0 bridgehead atoms. The summed E-state index contributed by atoms with van der Waals surface area (Å²) in [6, 6.07) is 16.3. The standard InChI is InChI=1S/C21H18F2N2O3S/c1-25(13-14-7-9-17(10-8-14)28-21(22)23)20(27)15-4-2-5-16(12-15)24-19(26)18-6-3-11-29-18/h2-12,21H,13H2,1H3,(H,24,26). The zero-order valence-corrected chi connectivity index (χ0v) is 16.3. The molecule has 0 aliphatic carbocycles. The molecule has 0 radical (unpaired) electrons. The van der Waals surface area contributed by atoms with E-state index < -0.39 is 6.61 Å². The van der Waals surface area contributed by atoms with Gasteiger partial charge in [0.05, 0.1) is 4.88 Å². The summed E-state index contributed by atoms with van der Waals surface area (Å²) in [5.41, 5.74) is 1.72. The van der Waals surface area contributed by atoms with Gasteiger partial charge in [0.25, 0.3) is 11.8 Å². The fourth-order valence-corrected chi connectivity index (χ4v) is 3.29. The average molecular weight is 416 g/mol. The maximum atomic E-state index is 12.7. The van der Waals surface area contributed by atoms with E-state index >= 15 is 0 Å². The molecule has 150 valence electrons. The van der Waals surface area contributed by atoms with Gasteiger partial charge in [-0.1, -0.05) is 24.3 Å². The highest BCUT2D eigenvalue weighted by molar-refractivity contribution is 7.12. The molecule has 8 heteroatoms. The summed E-state index contributed by atoms with van der Waals surface area (Å²) in [5.74, 6) is -0.402. The van der Waals surface area contributed by atoms with Gasteiger partial charge in [0.1, 0.15) is 5.75 Å². The normalized spacial score (nSPS) is 10.6. The molecule has 0 unspecified atom stereocenters. The Morgan fingerprint density at radius 3 is 2.52 bits per heavy atom. The number of anilines is 1. The van der Waals surface area contributed by atoms with Crippen molar-refractivity contribution >= 4 is 28.8 Å². The lowest BCUT2D eigenvalue weighted by Gasteiger charge is -2.18. The van der Waals surface area contributed by atoms with Gasteiger partial charge in [-0.3, -0.25) is 9.59 Å². The van der Waals surface area contributed by atoms with Crippen LogP contribution in [-0.2, 0) is 6.54 Å². The van der Waals surface area contributed by atoms with Crippen molar-refractivity contribution in [3.8, 4) is 5.75 Å². The van der Waals surface area contributed by atoms with Crippen LogP contribution in [0, 0.1) is 0 Å². The summed E-state index contributed by atoms with van der Waals surface area (Å²) in [6.45, 7) is -2.59. The lowest BCUT2D eigenvalue weighted by Crippen LogP contribution is -2.26. The maximum Gasteiger partial charge on any atom is 0.387 e. The molecule has 29 heavy (non-hydrogen) atoms. The van der Waals surface area contributed by atoms with Crippen molar-refractivity contribution in [2.75, 3.05) is 12.4 Å². The van der Waals surface area contributed by atoms with Crippen LogP contribution in [0.5, 0.6) is 5.75 Å². The van der Waals surface area contributed by atoms with Crippen molar-refractivity contribution < 1.29 is 23.1 Å². The molecule has 2 aromatic carbocycles. The van der Waals surface area contributed by atoms with Crippen molar-refractivity contribution in [2.24, 2.45) is 0 Å². The first-order valence-corrected chi connectivity index (χ1v) is 9.54. The molecule has 1 heterocycles. The van der Waals surface area contributed by atoms with Gasteiger partial charge in [0.15, 0.2) is 0 Å². The molecule has 0 atom stereocenters. The Hall–Kier alpha value is -3.26. The van der Waals surface area contributed by atoms with E-state index in [0.29, 0.717) is 22.7 Å². The van der Waals surface area contributed by atoms with Gasteiger partial charge in [0.2, 0.25) is 0 Å². The fourth-order valence-electron chi connectivity index (χ4n) is 2.67. The van der Waals surface area contributed by atoms with E-state index in [2.05, 4.69) is 10.1 Å². The largest absolute Gasteiger partial charge is 0.435 e. The fraction of sp³-hybridized carbons (Fsp3) is 0.143. The zero-order chi connectivity index (χ0) is 20.8. The van der Waals surface area contributed by atoms with Crippen LogP contribution < -0.4 is 10.1 Å². The van der Waals surface area contributed by atoms with E-state index in [1.54, 1.807) is 55.6 Å². The number of carbonyl (C=O) groups is 2. The maximum absolute atomic E-state index is 12.7. The molecule has 0 fully saturated rings. The van der Waals surface area contributed by atoms with Crippen molar-refractivity contribution in [3.05, 3.63) is 82.0 Å². The third kappa shape index (κ3) is 5.61. The number of nitrogens with one attached hydrogen (secondary N) is 1. The molecule has 5 nitrogen and oxygen atoms in total. The van der Waals surface area contributed by atoms with Crippen LogP contribution in [0.2, 0.25) is 0 Å². The Balaban J connectivity index is 1.64. The molecule has 0 saturated heterocycles. The number of hydrogen-bond donors (Lipinski definition) is 1. The van der Waals surface area contributed by atoms with Crippen molar-refractivity contribution in [1.82, 2.24) is 4.90 Å². The van der Waals surface area contributed by atoms with Gasteiger partial charge in [0, 0.05) is 24.8 Å². The number of benzene rings is 2. The van der Waals surface area contributed by atoms with Crippen molar-refractivity contribution in [3.63, 3.8) is 0 Å². The van der Waals surface area contributed by atoms with Gasteiger partial charge in [-0.15, -0.1) is 11.3 Å². The van der Waals surface area contributed by atoms with E-state index in [1.807, 2.05) is 5.38 Å². The number of nitrogens with zero attached hydrogens (tertiary/aromatic N) is 1. The molecule has 0 spiro atoms. The van der Waals surface area contributed by atoms with Crippen LogP contribution in [0.1, 0.15) is 25.6 Å². The smallest absolute Gasteiger partial charge is 0.387 e. The Bertz CT molecular complexity index is 976. The molecule has 3 rings (SSSR count). The molecule has 1 N–H and O–H groups in total. The molecule has 0 aliphatic rings. The monoisotopic (exact) mass is 416 g/mol. The Kier molecular flexibility index (Phi) is 6.56. The predicted molar refractivity (Wildman–Crippen MR) is 108 cm³/mol. The molecule has 2 amide bonds. The number of hydrogen-bond acceptors (Lipinski definition) is 4. The van der Waals surface area contributed by atoms with Crippen molar-refractivity contribution in [1.29, 1.82) is 0 Å². The van der Waals surface area contributed by atoms with Crippen LogP contribution in [0.4, 0.5) is 14.5 Å². The van der Waals surface area contributed by atoms with Crippen LogP contribution in [0.15, 0.2) is 66.0 Å². The van der Waals surface area contributed by atoms with Gasteiger partial charge >= 0.3 is 6.61 Å². The summed E-state index contributed by atoms with van der Waals surface area (Å²) < 4.78 is 28.7. The molecule has 1 aromatic heterocycles. The molecular formula is C21H18F2N2O3S. The predicted octanol–water partition coefficient (Wildman–Crippen LogP) is 4.87. The first-order valence-electron chi connectivity index (χ1n) is 8.66. The van der Waals surface area contributed by atoms with Gasteiger partial charge in [-0.25, -0.2) is 0 Å². The van der Waals surface area contributed by atoms with Gasteiger partial charge in [-0.05, 0) is 47.3 Å². The van der Waals surface area contributed by atoms with Crippen molar-refractivity contribution in [2.45, 2.75) is 13.2 Å². The van der Waals surface area contributed by atoms with E-state index in [-0.39, 0.29) is 17.6 Å². The Morgan fingerprint density at radius 1 is 1.10 bits per heavy atom. The highest BCUT2D eigenvalue weighted by atomic mass is 32.1. The third-order valence-electron chi connectivity index (χ3n) is 4.03. The van der Waals surface area contributed by atoms with Crippen LogP contribution >= 0.6 is 11.3 Å². The first-order chi connectivity index (χ1) is 13.9. The summed E-state index contributed by atoms with van der Waals surface area (Å²) in [6.07, 6.45) is 0. The molecule has 0 aliphatic heterocycles. The molecular weight excluding hydrogens is 398 g/mol. The molecule has 3 aromatic rings. The number of rotatable bonds is 7. The summed E-state index contributed by atoms with van der Waals surface area (Å²) in [5, 5.41) is 4.59. The number of amides is 2. The second-order valence-electron chi connectivity index (χ2n) is 6.20. The first kappa shape index (κ1) is 20.5. The lowest BCUT2D eigenvalue weighted by atomic mass is 10.1. The van der Waals surface area contributed by atoms with E-state index in [9.17, 15) is 18.4 Å². The number of halogens is 2. The zero-order valence-electron chi connectivity index (χ0n) is 15.5. The second kappa shape index (κ2) is 9.29. The van der Waals surface area contributed by atoms with Crippen LogP contribution in [-0.4, -0.2) is 30.4 Å². The SMILES string of the molecule is CN(Cc1ccc(OC(F)F)cc1)C(=O)c1cccc(NC(=O)c2cccs2)c1. The van der Waals surface area contributed by atoms with E-state index in [4.69, 9.17) is 0 Å². The third-order valence-corrected chi connectivity index (χ3v) is 4.90. The van der Waals surface area contributed by atoms with Crippen LogP contribution in [0.25, 0.3) is 0 Å².